The van der Waals surface area contributed by atoms with E-state index in [1.807, 2.05) is 6.20 Å². The van der Waals surface area contributed by atoms with Gasteiger partial charge in [0, 0.05) is 41.1 Å². The van der Waals surface area contributed by atoms with Gasteiger partial charge in [-0.15, -0.1) is 11.8 Å². The normalized spacial score (nSPS) is 21.2. The summed E-state index contributed by atoms with van der Waals surface area (Å²) in [7, 11) is 0. The van der Waals surface area contributed by atoms with Crippen LogP contribution in [0.4, 0.5) is 5.82 Å². The Hall–Kier alpha value is -1.82. The molecule has 0 radical (unpaired) electrons. The van der Waals surface area contributed by atoms with Gasteiger partial charge in [0.2, 0.25) is 0 Å². The van der Waals surface area contributed by atoms with Crippen molar-refractivity contribution in [3.8, 4) is 0 Å². The summed E-state index contributed by atoms with van der Waals surface area (Å²) in [6.45, 7) is 1.97. The molecule has 6 heteroatoms. The van der Waals surface area contributed by atoms with E-state index in [0.717, 1.165) is 61.7 Å². The SMILES string of the molecule is CSc1ccc(N2CCC3(CCc4c3nc(C3CC3)[nH]c4=O)CC2)nc1. The third-order valence-electron chi connectivity index (χ3n) is 6.35. The maximum atomic E-state index is 12.5. The zero-order valence-electron chi connectivity index (χ0n) is 15.1. The van der Waals surface area contributed by atoms with E-state index < -0.39 is 0 Å². The molecule has 26 heavy (non-hydrogen) atoms. The number of thioether (sulfide) groups is 1. The molecule has 1 aliphatic heterocycles. The first kappa shape index (κ1) is 16.4. The molecule has 1 saturated carbocycles. The fourth-order valence-electron chi connectivity index (χ4n) is 4.55. The fourth-order valence-corrected chi connectivity index (χ4v) is 4.91. The van der Waals surface area contributed by atoms with E-state index in [0.29, 0.717) is 5.92 Å². The van der Waals surface area contributed by atoms with Gasteiger partial charge in [0.05, 0.1) is 5.69 Å². The standard InChI is InChI=1S/C20H24N4OS/c1-26-14-4-5-16(21-12-14)24-10-8-20(9-11-24)7-6-15-17(20)22-18(13-2-3-13)23-19(15)25/h4-5,12-13H,2-3,6-11H2,1H3,(H,22,23,25). The van der Waals surface area contributed by atoms with Gasteiger partial charge in [-0.25, -0.2) is 9.97 Å². The van der Waals surface area contributed by atoms with E-state index >= 15 is 0 Å². The molecule has 0 bridgehead atoms. The molecule has 0 unspecified atom stereocenters. The third kappa shape index (κ3) is 2.66. The molecule has 3 heterocycles. The summed E-state index contributed by atoms with van der Waals surface area (Å²) in [6, 6.07) is 4.27. The highest BCUT2D eigenvalue weighted by Gasteiger charge is 2.44. The highest BCUT2D eigenvalue weighted by atomic mass is 32.2. The monoisotopic (exact) mass is 368 g/mol. The summed E-state index contributed by atoms with van der Waals surface area (Å²) < 4.78 is 0. The zero-order chi connectivity index (χ0) is 17.7. The molecule has 0 amide bonds. The molecule has 2 aromatic rings. The number of piperidine rings is 1. The molecule has 2 fully saturated rings. The average molecular weight is 369 g/mol. The van der Waals surface area contributed by atoms with Crippen LogP contribution in [0, 0.1) is 0 Å². The van der Waals surface area contributed by atoms with Gasteiger partial charge in [-0.1, -0.05) is 0 Å². The quantitative estimate of drug-likeness (QED) is 0.843. The van der Waals surface area contributed by atoms with Crippen molar-refractivity contribution in [3.63, 3.8) is 0 Å². The van der Waals surface area contributed by atoms with Crippen molar-refractivity contribution in [1.82, 2.24) is 15.0 Å². The Balaban J connectivity index is 1.39. The summed E-state index contributed by atoms with van der Waals surface area (Å²) in [5.74, 6) is 2.49. The van der Waals surface area contributed by atoms with Crippen molar-refractivity contribution in [2.45, 2.75) is 54.8 Å². The van der Waals surface area contributed by atoms with Crippen LogP contribution in [-0.2, 0) is 11.8 Å². The Bertz CT molecular complexity index is 880. The van der Waals surface area contributed by atoms with Gasteiger partial charge in [0.15, 0.2) is 0 Å². The molecule has 136 valence electrons. The van der Waals surface area contributed by atoms with E-state index in [1.165, 1.54) is 17.7 Å². The first-order chi connectivity index (χ1) is 12.7. The van der Waals surface area contributed by atoms with Gasteiger partial charge >= 0.3 is 0 Å². The number of pyridine rings is 1. The molecule has 5 nitrogen and oxygen atoms in total. The smallest absolute Gasteiger partial charge is 0.254 e. The van der Waals surface area contributed by atoms with Crippen LogP contribution in [0.15, 0.2) is 28.0 Å². The Morgan fingerprint density at radius 3 is 2.69 bits per heavy atom. The van der Waals surface area contributed by atoms with Crippen molar-refractivity contribution in [2.24, 2.45) is 0 Å². The maximum Gasteiger partial charge on any atom is 0.254 e. The molecule has 5 rings (SSSR count). The number of hydrogen-bond donors (Lipinski definition) is 1. The van der Waals surface area contributed by atoms with Gasteiger partial charge < -0.3 is 9.88 Å². The van der Waals surface area contributed by atoms with Crippen molar-refractivity contribution in [3.05, 3.63) is 45.8 Å². The van der Waals surface area contributed by atoms with Crippen molar-refractivity contribution >= 4 is 17.6 Å². The predicted octanol–water partition coefficient (Wildman–Crippen LogP) is 3.25. The lowest BCUT2D eigenvalue weighted by Gasteiger charge is -2.40. The van der Waals surface area contributed by atoms with Gasteiger partial charge in [0.1, 0.15) is 11.6 Å². The van der Waals surface area contributed by atoms with Crippen LogP contribution in [0.2, 0.25) is 0 Å². The van der Waals surface area contributed by atoms with E-state index in [-0.39, 0.29) is 11.0 Å². The van der Waals surface area contributed by atoms with Crippen molar-refractivity contribution in [1.29, 1.82) is 0 Å². The van der Waals surface area contributed by atoms with E-state index in [9.17, 15) is 4.79 Å². The number of rotatable bonds is 3. The second-order valence-electron chi connectivity index (χ2n) is 7.88. The highest BCUT2D eigenvalue weighted by molar-refractivity contribution is 7.98. The summed E-state index contributed by atoms with van der Waals surface area (Å²) in [6.07, 6.45) is 10.4. The molecule has 1 spiro atoms. The zero-order valence-corrected chi connectivity index (χ0v) is 15.9. The molecule has 0 aromatic carbocycles. The fraction of sp³-hybridized carbons (Fsp3) is 0.550. The Kier molecular flexibility index (Phi) is 3.85. The number of aromatic nitrogens is 3. The Morgan fingerprint density at radius 2 is 2.04 bits per heavy atom. The highest BCUT2D eigenvalue weighted by Crippen LogP contribution is 2.46. The van der Waals surface area contributed by atoms with Crippen LogP contribution in [0.5, 0.6) is 0 Å². The molecule has 0 atom stereocenters. The maximum absolute atomic E-state index is 12.5. The molecule has 3 aliphatic rings. The molecule has 1 saturated heterocycles. The summed E-state index contributed by atoms with van der Waals surface area (Å²) in [4.78, 5) is 28.7. The largest absolute Gasteiger partial charge is 0.357 e. The lowest BCUT2D eigenvalue weighted by atomic mass is 9.76. The first-order valence-corrected chi connectivity index (χ1v) is 10.8. The van der Waals surface area contributed by atoms with E-state index in [1.54, 1.807) is 11.8 Å². The number of anilines is 1. The summed E-state index contributed by atoms with van der Waals surface area (Å²) in [5, 5.41) is 0. The van der Waals surface area contributed by atoms with Crippen LogP contribution < -0.4 is 10.5 Å². The second kappa shape index (κ2) is 6.12. The number of nitrogens with zero attached hydrogens (tertiary/aromatic N) is 3. The average Bonchev–Trinajstić information content (AvgIpc) is 3.47. The molecule has 1 N–H and O–H groups in total. The molecule has 2 aromatic heterocycles. The van der Waals surface area contributed by atoms with Crippen molar-refractivity contribution < 1.29 is 0 Å². The minimum absolute atomic E-state index is 0.100. The number of nitrogens with one attached hydrogen (secondary N) is 1. The lowest BCUT2D eigenvalue weighted by molar-refractivity contribution is 0.321. The molecule has 2 aliphatic carbocycles. The topological polar surface area (TPSA) is 61.9 Å². The Morgan fingerprint density at radius 1 is 1.23 bits per heavy atom. The van der Waals surface area contributed by atoms with Gasteiger partial charge in [-0.05, 0) is 56.9 Å². The van der Waals surface area contributed by atoms with E-state index in [2.05, 4.69) is 33.3 Å². The molecular weight excluding hydrogens is 344 g/mol. The number of hydrogen-bond acceptors (Lipinski definition) is 5. The third-order valence-corrected chi connectivity index (χ3v) is 7.07. The second-order valence-corrected chi connectivity index (χ2v) is 8.76. The molecular formula is C20H24N4OS. The van der Waals surface area contributed by atoms with Crippen LogP contribution in [0.3, 0.4) is 0 Å². The summed E-state index contributed by atoms with van der Waals surface area (Å²) >= 11 is 1.72. The van der Waals surface area contributed by atoms with Crippen LogP contribution in [0.1, 0.15) is 55.1 Å². The van der Waals surface area contributed by atoms with E-state index in [4.69, 9.17) is 4.98 Å². The van der Waals surface area contributed by atoms with Crippen LogP contribution in [0.25, 0.3) is 0 Å². The minimum atomic E-state index is 0.100. The minimum Gasteiger partial charge on any atom is -0.357 e. The van der Waals surface area contributed by atoms with Gasteiger partial charge in [-0.2, -0.15) is 0 Å². The number of H-pyrrole nitrogens is 1. The lowest BCUT2D eigenvalue weighted by Crippen LogP contribution is -2.42. The Labute approximate surface area is 157 Å². The summed E-state index contributed by atoms with van der Waals surface area (Å²) in [5.41, 5.74) is 2.28. The van der Waals surface area contributed by atoms with Crippen molar-refractivity contribution in [2.75, 3.05) is 24.2 Å². The van der Waals surface area contributed by atoms with Crippen LogP contribution in [-0.4, -0.2) is 34.3 Å². The van der Waals surface area contributed by atoms with Crippen LogP contribution >= 0.6 is 11.8 Å². The predicted molar refractivity (Wildman–Crippen MR) is 104 cm³/mol. The first-order valence-electron chi connectivity index (χ1n) is 9.57. The number of fused-ring (bicyclic) bond motifs is 2. The number of aromatic amines is 1. The van der Waals surface area contributed by atoms with Gasteiger partial charge in [-0.3, -0.25) is 4.79 Å². The van der Waals surface area contributed by atoms with Gasteiger partial charge in [0.25, 0.3) is 5.56 Å².